The van der Waals surface area contributed by atoms with Crippen molar-refractivity contribution in [1.29, 1.82) is 0 Å². The van der Waals surface area contributed by atoms with Crippen molar-refractivity contribution >= 4 is 44.5 Å². The second-order valence-electron chi connectivity index (χ2n) is 13.3. The number of cyclic esters (lactones) is 1. The highest BCUT2D eigenvalue weighted by molar-refractivity contribution is 14.1. The molecule has 0 bridgehead atoms. The number of carbonyl (C=O) groups excluding carboxylic acids is 4. The molecule has 3 aliphatic rings. The smallest absolute Gasteiger partial charge is 0.458 e. The lowest BCUT2D eigenvalue weighted by atomic mass is 9.77. The van der Waals surface area contributed by atoms with Gasteiger partial charge in [-0.05, 0) is 61.1 Å². The van der Waals surface area contributed by atoms with Gasteiger partial charge in [0, 0.05) is 19.4 Å². The summed E-state index contributed by atoms with van der Waals surface area (Å²) >= 11 is 1.56. The fourth-order valence-corrected chi connectivity index (χ4v) is 7.22. The number of ether oxygens (including phenoxy) is 7. The molecule has 3 fully saturated rings. The first-order valence-corrected chi connectivity index (χ1v) is 16.7. The molecule has 0 aromatic carbocycles. The number of carbonyl (C=O) groups is 4. The van der Waals surface area contributed by atoms with E-state index in [-0.39, 0.29) is 37.2 Å². The Bertz CT molecular complexity index is 1090. The molecule has 3 rings (SSSR count). The first-order valence-electron chi connectivity index (χ1n) is 15.6. The summed E-state index contributed by atoms with van der Waals surface area (Å²) in [4.78, 5) is 53.7. The second kappa shape index (κ2) is 15.1. The minimum atomic E-state index is -1.42. The number of hydrogen-bond acceptors (Lipinski definition) is 13. The van der Waals surface area contributed by atoms with E-state index < -0.39 is 81.9 Å². The van der Waals surface area contributed by atoms with Crippen LogP contribution in [0.2, 0.25) is 0 Å². The molecule has 2 unspecified atom stereocenters. The molecule has 0 amide bonds. The normalized spacial score (nSPS) is 43.5. The van der Waals surface area contributed by atoms with Crippen LogP contribution in [0, 0.1) is 17.8 Å². The summed E-state index contributed by atoms with van der Waals surface area (Å²) in [6.07, 6.45) is -6.26. The molecule has 1 N–H and O–H groups in total. The summed E-state index contributed by atoms with van der Waals surface area (Å²) in [5.41, 5.74) is -2.62. The summed E-state index contributed by atoms with van der Waals surface area (Å²) < 4.78 is 41.0. The number of aliphatic hydroxyl groups is 1. The molecular formula is C31H50INO12. The van der Waals surface area contributed by atoms with Gasteiger partial charge in [0.1, 0.15) is 11.9 Å². The van der Waals surface area contributed by atoms with Gasteiger partial charge in [0.05, 0.1) is 64.4 Å². The number of nitrogens with zero attached hydrogens (tertiary/aromatic N) is 1. The van der Waals surface area contributed by atoms with Crippen molar-refractivity contribution in [1.82, 2.24) is 4.90 Å². The van der Waals surface area contributed by atoms with Crippen molar-refractivity contribution in [2.45, 2.75) is 134 Å². The zero-order chi connectivity index (χ0) is 34.0. The van der Waals surface area contributed by atoms with Gasteiger partial charge >= 0.3 is 16.1 Å². The number of ketones is 1. The van der Waals surface area contributed by atoms with Gasteiger partial charge in [0.25, 0.3) is 0 Å². The second-order valence-corrected chi connectivity index (χ2v) is 14.2. The maximum absolute atomic E-state index is 13.7. The van der Waals surface area contributed by atoms with E-state index in [9.17, 15) is 24.3 Å². The summed E-state index contributed by atoms with van der Waals surface area (Å²) in [7, 11) is 5.24. The topological polar surface area (TPSA) is 156 Å². The first kappa shape index (κ1) is 37.9. The molecule has 0 radical (unpaired) electrons. The third-order valence-electron chi connectivity index (χ3n) is 9.92. The fourth-order valence-electron chi connectivity index (χ4n) is 6.93. The van der Waals surface area contributed by atoms with Crippen LogP contribution in [0.5, 0.6) is 0 Å². The quantitative estimate of drug-likeness (QED) is 0.180. The van der Waals surface area contributed by atoms with Crippen LogP contribution in [-0.2, 0) is 42.7 Å². The Hall–Kier alpha value is -1.59. The van der Waals surface area contributed by atoms with E-state index in [0.29, 0.717) is 6.42 Å². The number of hydrogen-bond donors (Lipinski definition) is 1. The number of likely N-dealkylation sites (N-methyl/N-ethyl adjacent to an activating group) is 1. The molecule has 14 heteroatoms. The van der Waals surface area contributed by atoms with E-state index in [0.717, 1.165) is 0 Å². The van der Waals surface area contributed by atoms with E-state index in [2.05, 4.69) is 0 Å². The Labute approximate surface area is 279 Å². The van der Waals surface area contributed by atoms with Gasteiger partial charge in [-0.3, -0.25) is 9.59 Å². The van der Waals surface area contributed by atoms with Gasteiger partial charge < -0.3 is 43.2 Å². The highest BCUT2D eigenvalue weighted by Gasteiger charge is 2.58. The number of aliphatic hydroxyl groups excluding tert-OH is 1. The van der Waals surface area contributed by atoms with Crippen molar-refractivity contribution in [2.24, 2.45) is 17.8 Å². The van der Waals surface area contributed by atoms with Crippen LogP contribution in [0.1, 0.15) is 74.1 Å². The van der Waals surface area contributed by atoms with Gasteiger partial charge in [-0.1, -0.05) is 20.8 Å². The third kappa shape index (κ3) is 8.11. The molecule has 3 saturated heterocycles. The van der Waals surface area contributed by atoms with E-state index in [4.69, 9.17) is 33.2 Å². The van der Waals surface area contributed by atoms with Gasteiger partial charge in [-0.2, -0.15) is 0 Å². The highest BCUT2D eigenvalue weighted by atomic mass is 127. The maximum atomic E-state index is 13.7. The Morgan fingerprint density at radius 2 is 1.73 bits per heavy atom. The fraction of sp³-hybridized carbons (Fsp3) is 0.871. The number of methoxy groups -OCH3 is 1. The standard InChI is InChI=1S/C31H50INO12/c1-11-21-31(7)25(44-29(38)45-31)16(3)20(34)12-13-30(6,39-10)24(17(4)22(35)18(5)26(36)41-21)43-27-23(42-28(32)37)19(33(8)9)14-15(2)40-27/h15-19,21-25,27,35H,11-14H2,1-10H3/t15-,16+,17+,18-,19+,21?,22+,23-,24-,25-,27?,30-,31-/m1/s1. The number of rotatable bonds is 6. The van der Waals surface area contributed by atoms with Gasteiger partial charge in [-0.25, -0.2) is 9.59 Å². The summed E-state index contributed by atoms with van der Waals surface area (Å²) in [5.74, 6) is -3.54. The van der Waals surface area contributed by atoms with Crippen LogP contribution in [-0.4, -0.2) is 113 Å². The zero-order valence-corrected chi connectivity index (χ0v) is 30.1. The van der Waals surface area contributed by atoms with E-state index >= 15 is 0 Å². The van der Waals surface area contributed by atoms with E-state index in [1.54, 1.807) is 64.1 Å². The summed E-state index contributed by atoms with van der Waals surface area (Å²) in [6.45, 7) is 12.0. The van der Waals surface area contributed by atoms with Crippen LogP contribution in [0.4, 0.5) is 9.59 Å². The van der Waals surface area contributed by atoms with Crippen LogP contribution in [0.25, 0.3) is 0 Å². The monoisotopic (exact) mass is 755 g/mol. The minimum absolute atomic E-state index is 0.0128. The lowest BCUT2D eigenvalue weighted by Gasteiger charge is -2.48. The molecule has 13 atom stereocenters. The highest BCUT2D eigenvalue weighted by Crippen LogP contribution is 2.41. The van der Waals surface area contributed by atoms with Crippen LogP contribution in [0.15, 0.2) is 0 Å². The molecule has 0 saturated carbocycles. The zero-order valence-electron chi connectivity index (χ0n) is 27.9. The van der Waals surface area contributed by atoms with E-state index in [1.165, 1.54) is 7.11 Å². The van der Waals surface area contributed by atoms with Crippen molar-refractivity contribution in [2.75, 3.05) is 21.2 Å². The summed E-state index contributed by atoms with van der Waals surface area (Å²) in [6, 6.07) is -0.238. The van der Waals surface area contributed by atoms with Gasteiger partial charge in [0.15, 0.2) is 24.1 Å². The average molecular weight is 756 g/mol. The predicted molar refractivity (Wildman–Crippen MR) is 169 cm³/mol. The minimum Gasteiger partial charge on any atom is -0.458 e. The molecule has 0 aliphatic carbocycles. The Kier molecular flexibility index (Phi) is 12.7. The molecular weight excluding hydrogens is 705 g/mol. The lowest BCUT2D eigenvalue weighted by Crippen LogP contribution is -2.60. The number of esters is 1. The van der Waals surface area contributed by atoms with Gasteiger partial charge in [-0.15, -0.1) is 0 Å². The van der Waals surface area contributed by atoms with Crippen LogP contribution in [0.3, 0.4) is 0 Å². The van der Waals surface area contributed by atoms with Crippen molar-refractivity contribution in [3.8, 4) is 0 Å². The molecule has 3 heterocycles. The average Bonchev–Trinajstić information content (AvgIpc) is 3.29. The van der Waals surface area contributed by atoms with E-state index in [1.807, 2.05) is 25.9 Å². The Morgan fingerprint density at radius 3 is 2.29 bits per heavy atom. The summed E-state index contributed by atoms with van der Waals surface area (Å²) in [5, 5.41) is 11.7. The Morgan fingerprint density at radius 1 is 1.09 bits per heavy atom. The predicted octanol–water partition coefficient (Wildman–Crippen LogP) is 4.03. The van der Waals surface area contributed by atoms with Crippen molar-refractivity contribution in [3.63, 3.8) is 0 Å². The number of fused-ring (bicyclic) bond motifs is 1. The molecule has 13 nitrogen and oxygen atoms in total. The molecule has 0 aromatic heterocycles. The van der Waals surface area contributed by atoms with Crippen LogP contribution >= 0.6 is 22.6 Å². The third-order valence-corrected chi connectivity index (χ3v) is 10.2. The van der Waals surface area contributed by atoms with Gasteiger partial charge in [0.2, 0.25) is 0 Å². The van der Waals surface area contributed by atoms with Crippen LogP contribution < -0.4 is 0 Å². The maximum Gasteiger partial charge on any atom is 0.509 e. The largest absolute Gasteiger partial charge is 0.509 e. The Balaban J connectivity index is 2.07. The molecule has 0 spiro atoms. The SMILES string of the molecule is CCC1OC(=O)[C@H](C)[C@@H](O)[C@H](C)[C@@H](OC2O[C@H](C)C[C@H](N(C)C)[C@H]2OC(=O)I)[C@](C)(OC)CCC(=O)[C@H](C)[C@H]2OC(=O)O[C@]12C. The first-order chi connectivity index (χ1) is 20.9. The molecule has 45 heavy (non-hydrogen) atoms. The molecule has 258 valence electrons. The lowest BCUT2D eigenvalue weighted by molar-refractivity contribution is -0.298. The van der Waals surface area contributed by atoms with Crippen molar-refractivity contribution < 1.29 is 57.4 Å². The van der Waals surface area contributed by atoms with Crippen molar-refractivity contribution in [3.05, 3.63) is 0 Å². The number of Topliss-reactive ketones (excluding diaryl/α,β-unsaturated/α-hetero) is 1. The number of halogens is 1. The molecule has 0 aromatic rings. The molecule has 3 aliphatic heterocycles.